The molecule has 1 aromatic rings. The van der Waals surface area contributed by atoms with Gasteiger partial charge in [0.15, 0.2) is 0 Å². The molecular weight excluding hydrogens is 256 g/mol. The van der Waals surface area contributed by atoms with Crippen molar-refractivity contribution in [2.45, 2.75) is 58.3 Å². The van der Waals surface area contributed by atoms with Crippen LogP contribution in [0.25, 0.3) is 0 Å². The molecule has 1 N–H and O–H groups in total. The number of carbonyl (C=O) groups is 1. The van der Waals surface area contributed by atoms with Gasteiger partial charge < -0.3 is 14.6 Å². The lowest BCUT2D eigenvalue weighted by molar-refractivity contribution is -0.0846. The Morgan fingerprint density at radius 1 is 1.35 bits per heavy atom. The van der Waals surface area contributed by atoms with Crippen molar-refractivity contribution in [3.8, 4) is 5.75 Å². The summed E-state index contributed by atoms with van der Waals surface area (Å²) in [4.78, 5) is 11.0. The van der Waals surface area contributed by atoms with Crippen molar-refractivity contribution in [1.29, 1.82) is 0 Å². The van der Waals surface area contributed by atoms with Gasteiger partial charge in [0.25, 0.3) is 0 Å². The molecule has 1 saturated heterocycles. The molecule has 1 heterocycles. The summed E-state index contributed by atoms with van der Waals surface area (Å²) < 4.78 is 12.0. The van der Waals surface area contributed by atoms with Gasteiger partial charge in [-0.2, -0.15) is 0 Å². The van der Waals surface area contributed by atoms with Crippen molar-refractivity contribution < 1.29 is 19.4 Å². The Labute approximate surface area is 119 Å². The summed E-state index contributed by atoms with van der Waals surface area (Å²) in [6, 6.07) is 5.06. The first kappa shape index (κ1) is 14.9. The zero-order valence-corrected chi connectivity index (χ0v) is 12.7. The molecule has 0 aliphatic carbocycles. The van der Waals surface area contributed by atoms with Crippen LogP contribution in [0, 0.1) is 6.92 Å². The van der Waals surface area contributed by atoms with E-state index in [1.54, 1.807) is 25.1 Å². The highest BCUT2D eigenvalue weighted by Gasteiger charge is 2.47. The third-order valence-corrected chi connectivity index (χ3v) is 3.70. The van der Waals surface area contributed by atoms with Crippen LogP contribution in [0.4, 0.5) is 0 Å². The van der Waals surface area contributed by atoms with Crippen LogP contribution in [0.2, 0.25) is 0 Å². The second-order valence-electron chi connectivity index (χ2n) is 6.56. The number of carboxylic acids is 1. The molecule has 1 aliphatic rings. The molecule has 1 unspecified atom stereocenters. The molecule has 0 spiro atoms. The molecular formula is C16H22O4. The van der Waals surface area contributed by atoms with Gasteiger partial charge in [-0.3, -0.25) is 0 Å². The number of benzene rings is 1. The molecule has 20 heavy (non-hydrogen) atoms. The summed E-state index contributed by atoms with van der Waals surface area (Å²) >= 11 is 0. The monoisotopic (exact) mass is 278 g/mol. The zero-order valence-electron chi connectivity index (χ0n) is 12.7. The second kappa shape index (κ2) is 4.77. The summed E-state index contributed by atoms with van der Waals surface area (Å²) in [5.74, 6) is -0.230. The van der Waals surface area contributed by atoms with Crippen molar-refractivity contribution in [2.75, 3.05) is 0 Å². The first-order valence-corrected chi connectivity index (χ1v) is 6.81. The van der Waals surface area contributed by atoms with Crippen LogP contribution < -0.4 is 4.74 Å². The fourth-order valence-corrected chi connectivity index (χ4v) is 2.81. The minimum absolute atomic E-state index is 0.0485. The van der Waals surface area contributed by atoms with Crippen molar-refractivity contribution in [3.05, 3.63) is 29.3 Å². The van der Waals surface area contributed by atoms with E-state index in [9.17, 15) is 4.79 Å². The molecule has 4 nitrogen and oxygen atoms in total. The van der Waals surface area contributed by atoms with E-state index in [0.29, 0.717) is 16.9 Å². The largest absolute Gasteiger partial charge is 0.487 e. The lowest BCUT2D eigenvalue weighted by atomic mass is 9.97. The molecule has 1 aliphatic heterocycles. The van der Waals surface area contributed by atoms with E-state index >= 15 is 0 Å². The molecule has 1 aromatic carbocycles. The summed E-state index contributed by atoms with van der Waals surface area (Å²) in [5.41, 5.74) is 0.443. The smallest absolute Gasteiger partial charge is 0.335 e. The average Bonchev–Trinajstić information content (AvgIpc) is 2.45. The van der Waals surface area contributed by atoms with Gasteiger partial charge >= 0.3 is 5.97 Å². The molecule has 0 saturated carbocycles. The fourth-order valence-electron chi connectivity index (χ4n) is 2.81. The zero-order chi connectivity index (χ0) is 15.1. The topological polar surface area (TPSA) is 55.8 Å². The lowest BCUT2D eigenvalue weighted by Crippen LogP contribution is -2.36. The molecule has 0 amide bonds. The molecule has 0 aromatic heterocycles. The molecule has 1 atom stereocenters. The Morgan fingerprint density at radius 3 is 2.45 bits per heavy atom. The van der Waals surface area contributed by atoms with E-state index in [1.807, 2.05) is 13.8 Å². The average molecular weight is 278 g/mol. The van der Waals surface area contributed by atoms with E-state index in [0.717, 1.165) is 6.42 Å². The second-order valence-corrected chi connectivity index (χ2v) is 6.56. The maximum Gasteiger partial charge on any atom is 0.335 e. The maximum atomic E-state index is 11.0. The highest BCUT2D eigenvalue weighted by atomic mass is 16.6. The Balaban J connectivity index is 2.19. The Bertz CT molecular complexity index is 531. The van der Waals surface area contributed by atoms with Gasteiger partial charge in [0, 0.05) is 6.42 Å². The van der Waals surface area contributed by atoms with Crippen LogP contribution >= 0.6 is 0 Å². The fraction of sp³-hybridized carbons (Fsp3) is 0.562. The van der Waals surface area contributed by atoms with Crippen LogP contribution in [0.3, 0.4) is 0 Å². The molecule has 1 fully saturated rings. The normalized spacial score (nSPS) is 23.6. The number of carboxylic acid groups (broad SMARTS) is 1. The summed E-state index contributed by atoms with van der Waals surface area (Å²) in [7, 11) is 0. The molecule has 0 radical (unpaired) electrons. The molecule has 2 rings (SSSR count). The number of hydrogen-bond acceptors (Lipinski definition) is 3. The van der Waals surface area contributed by atoms with E-state index < -0.39 is 5.97 Å². The van der Waals surface area contributed by atoms with Crippen molar-refractivity contribution in [3.63, 3.8) is 0 Å². The van der Waals surface area contributed by atoms with Crippen molar-refractivity contribution >= 4 is 5.97 Å². The number of hydrogen-bond donors (Lipinski definition) is 1. The van der Waals surface area contributed by atoms with Gasteiger partial charge in [0.2, 0.25) is 0 Å². The van der Waals surface area contributed by atoms with Crippen LogP contribution in [-0.4, -0.2) is 28.4 Å². The first-order chi connectivity index (χ1) is 9.11. The van der Waals surface area contributed by atoms with Crippen molar-refractivity contribution in [2.24, 2.45) is 0 Å². The number of aryl methyl sites for hydroxylation is 1. The van der Waals surface area contributed by atoms with Crippen LogP contribution in [-0.2, 0) is 4.74 Å². The minimum Gasteiger partial charge on any atom is -0.487 e. The van der Waals surface area contributed by atoms with Gasteiger partial charge in [-0.25, -0.2) is 4.79 Å². The van der Waals surface area contributed by atoms with E-state index in [1.165, 1.54) is 0 Å². The Hall–Kier alpha value is -1.55. The summed E-state index contributed by atoms with van der Waals surface area (Å²) in [6.45, 7) is 9.92. The third-order valence-electron chi connectivity index (χ3n) is 3.70. The van der Waals surface area contributed by atoms with E-state index in [2.05, 4.69) is 13.8 Å². The van der Waals surface area contributed by atoms with Gasteiger partial charge in [-0.05, 0) is 58.4 Å². The quantitative estimate of drug-likeness (QED) is 0.920. The Morgan fingerprint density at radius 2 is 2.00 bits per heavy atom. The molecule has 110 valence electrons. The minimum atomic E-state index is -0.917. The number of rotatable bonds is 3. The van der Waals surface area contributed by atoms with Gasteiger partial charge in [-0.15, -0.1) is 0 Å². The predicted molar refractivity (Wildman–Crippen MR) is 76.4 cm³/mol. The molecule has 0 bridgehead atoms. The van der Waals surface area contributed by atoms with Crippen LogP contribution in [0.15, 0.2) is 18.2 Å². The highest BCUT2D eigenvalue weighted by Crippen LogP contribution is 2.39. The summed E-state index contributed by atoms with van der Waals surface area (Å²) in [6.07, 6.45) is 0.757. The first-order valence-electron chi connectivity index (χ1n) is 6.81. The van der Waals surface area contributed by atoms with E-state index in [4.69, 9.17) is 14.6 Å². The third kappa shape index (κ3) is 2.96. The van der Waals surface area contributed by atoms with E-state index in [-0.39, 0.29) is 17.3 Å². The van der Waals surface area contributed by atoms with Crippen LogP contribution in [0.1, 0.15) is 50.0 Å². The van der Waals surface area contributed by atoms with Gasteiger partial charge in [-0.1, -0.05) is 0 Å². The standard InChI is InChI=1S/C16H22O4/c1-10-8-11(6-7-12(10)14(17)18)19-13-9-15(2,3)20-16(13,4)5/h6-8,13H,9H2,1-5H3,(H,17,18). The Kier molecular flexibility index (Phi) is 3.54. The number of aromatic carboxylic acids is 1. The molecule has 4 heteroatoms. The van der Waals surface area contributed by atoms with Crippen molar-refractivity contribution in [1.82, 2.24) is 0 Å². The van der Waals surface area contributed by atoms with Gasteiger partial charge in [0.05, 0.1) is 11.2 Å². The highest BCUT2D eigenvalue weighted by molar-refractivity contribution is 5.89. The SMILES string of the molecule is Cc1cc(OC2CC(C)(C)OC2(C)C)ccc1C(=O)O. The maximum absolute atomic E-state index is 11.0. The summed E-state index contributed by atoms with van der Waals surface area (Å²) in [5, 5.41) is 9.03. The van der Waals surface area contributed by atoms with Crippen LogP contribution in [0.5, 0.6) is 5.75 Å². The predicted octanol–water partition coefficient (Wildman–Crippen LogP) is 3.42. The van der Waals surface area contributed by atoms with Gasteiger partial charge in [0.1, 0.15) is 17.5 Å². The lowest BCUT2D eigenvalue weighted by Gasteiger charge is -2.27. The number of ether oxygens (including phenoxy) is 2.